The van der Waals surface area contributed by atoms with E-state index in [4.69, 9.17) is 0 Å². The van der Waals surface area contributed by atoms with Crippen molar-refractivity contribution in [3.63, 3.8) is 0 Å². The Bertz CT molecular complexity index is 1570. The van der Waals surface area contributed by atoms with Gasteiger partial charge in [0.2, 0.25) is 0 Å². The Morgan fingerprint density at radius 1 is 0.455 bits per heavy atom. The highest BCUT2D eigenvalue weighted by molar-refractivity contribution is 6.21. The van der Waals surface area contributed by atoms with Crippen LogP contribution in [0.25, 0.3) is 43.8 Å². The van der Waals surface area contributed by atoms with Crippen LogP contribution in [0.3, 0.4) is 0 Å². The molecule has 7 heteroatoms. The molecule has 0 fully saturated rings. The van der Waals surface area contributed by atoms with Gasteiger partial charge >= 0.3 is 0 Å². The Labute approximate surface area is 182 Å². The highest BCUT2D eigenvalue weighted by Gasteiger charge is 2.29. The van der Waals surface area contributed by atoms with E-state index in [0.29, 0.717) is 11.6 Å². The Balaban J connectivity index is 2.15. The van der Waals surface area contributed by atoms with E-state index >= 15 is 8.78 Å². The van der Waals surface area contributed by atoms with Crippen LogP contribution in [0.2, 0.25) is 0 Å². The van der Waals surface area contributed by atoms with Crippen LogP contribution in [0, 0.1) is 40.7 Å². The normalized spacial score (nSPS) is 11.5. The molecule has 164 valence electrons. The zero-order chi connectivity index (χ0) is 23.4. The molecule has 5 rings (SSSR count). The fraction of sp³-hybridized carbons (Fsp3) is 0. The van der Waals surface area contributed by atoms with Gasteiger partial charge in [-0.15, -0.1) is 0 Å². The average Bonchev–Trinajstić information content (AvgIpc) is 2.81. The minimum atomic E-state index is -2.10. The second kappa shape index (κ2) is 7.62. The van der Waals surface area contributed by atoms with Crippen LogP contribution in [-0.2, 0) is 0 Å². The average molecular weight is 456 g/mol. The lowest BCUT2D eigenvalue weighted by Gasteiger charge is -2.19. The lowest BCUT2D eigenvalue weighted by atomic mass is 9.85. The molecular weight excluding hydrogens is 445 g/mol. The number of rotatable bonds is 2. The monoisotopic (exact) mass is 456 g/mol. The van der Waals surface area contributed by atoms with E-state index in [1.54, 1.807) is 18.2 Å². The standard InChI is InChI=1S/C26H11F7/c27-13-6-8-15-17(10-13)20(16-9-7-14(28)11-18(16)29)22-21(19(15)12-4-2-1-3-5-12)23(30)25(32)26(33)24(22)31/h1-11H. The molecule has 0 bridgehead atoms. The summed E-state index contributed by atoms with van der Waals surface area (Å²) < 4.78 is 102. The molecule has 33 heavy (non-hydrogen) atoms. The van der Waals surface area contributed by atoms with Crippen molar-refractivity contribution in [2.75, 3.05) is 0 Å². The molecule has 0 nitrogen and oxygen atoms in total. The van der Waals surface area contributed by atoms with Gasteiger partial charge in [0.25, 0.3) is 0 Å². The summed E-state index contributed by atoms with van der Waals surface area (Å²) >= 11 is 0. The van der Waals surface area contributed by atoms with Gasteiger partial charge in [-0.2, -0.15) is 0 Å². The molecule has 0 unspecified atom stereocenters. The third-order valence-electron chi connectivity index (χ3n) is 5.55. The first-order valence-electron chi connectivity index (χ1n) is 9.71. The summed E-state index contributed by atoms with van der Waals surface area (Å²) in [4.78, 5) is 0. The molecule has 0 spiro atoms. The molecule has 0 aliphatic heterocycles. The lowest BCUT2D eigenvalue weighted by Crippen LogP contribution is -2.03. The van der Waals surface area contributed by atoms with Crippen LogP contribution < -0.4 is 0 Å². The summed E-state index contributed by atoms with van der Waals surface area (Å²) in [6.45, 7) is 0. The third kappa shape index (κ3) is 3.15. The van der Waals surface area contributed by atoms with E-state index < -0.39 is 62.6 Å². The van der Waals surface area contributed by atoms with Crippen LogP contribution in [-0.4, -0.2) is 0 Å². The van der Waals surface area contributed by atoms with E-state index in [1.165, 1.54) is 18.2 Å². The summed E-state index contributed by atoms with van der Waals surface area (Å²) in [5, 5.41) is -1.38. The van der Waals surface area contributed by atoms with Crippen molar-refractivity contribution in [3.8, 4) is 22.3 Å². The number of benzene rings is 5. The van der Waals surface area contributed by atoms with Crippen molar-refractivity contribution < 1.29 is 30.7 Å². The Kier molecular flexibility index (Phi) is 4.85. The zero-order valence-corrected chi connectivity index (χ0v) is 16.5. The molecule has 5 aromatic rings. The fourth-order valence-electron chi connectivity index (χ4n) is 4.19. The number of halogens is 7. The van der Waals surface area contributed by atoms with E-state index in [9.17, 15) is 22.0 Å². The summed E-state index contributed by atoms with van der Waals surface area (Å²) in [5.74, 6) is -10.5. The quantitative estimate of drug-likeness (QED) is 0.108. The van der Waals surface area contributed by atoms with Crippen LogP contribution in [0.15, 0.2) is 66.7 Å². The molecule has 0 saturated heterocycles. The van der Waals surface area contributed by atoms with Crippen molar-refractivity contribution in [1.82, 2.24) is 0 Å². The van der Waals surface area contributed by atoms with Crippen molar-refractivity contribution in [3.05, 3.63) is 107 Å². The molecule has 0 aliphatic rings. The van der Waals surface area contributed by atoms with Crippen LogP contribution >= 0.6 is 0 Å². The van der Waals surface area contributed by atoms with E-state index in [-0.39, 0.29) is 16.3 Å². The van der Waals surface area contributed by atoms with Gasteiger partial charge in [0, 0.05) is 33.5 Å². The largest absolute Gasteiger partial charge is 0.207 e. The van der Waals surface area contributed by atoms with Gasteiger partial charge in [-0.1, -0.05) is 36.4 Å². The van der Waals surface area contributed by atoms with Crippen molar-refractivity contribution in [2.45, 2.75) is 0 Å². The SMILES string of the molecule is Fc1ccc(-c2c3cc(F)ccc3c(-c3ccccc3)c3c(F)c(F)c(F)c(F)c23)c(F)c1. The predicted molar refractivity (Wildman–Crippen MR) is 112 cm³/mol. The molecule has 0 saturated carbocycles. The highest BCUT2D eigenvalue weighted by Crippen LogP contribution is 2.47. The van der Waals surface area contributed by atoms with Gasteiger partial charge in [-0.05, 0) is 40.6 Å². The number of fused-ring (bicyclic) bond motifs is 2. The maximum atomic E-state index is 15.2. The number of hydrogen-bond acceptors (Lipinski definition) is 0. The van der Waals surface area contributed by atoms with Crippen molar-refractivity contribution in [1.29, 1.82) is 0 Å². The molecule has 0 aliphatic carbocycles. The van der Waals surface area contributed by atoms with Crippen LogP contribution in [0.4, 0.5) is 30.7 Å². The maximum absolute atomic E-state index is 15.2. The van der Waals surface area contributed by atoms with Gasteiger partial charge in [0.05, 0.1) is 0 Å². The molecule has 0 radical (unpaired) electrons. The molecule has 0 heterocycles. The summed E-state index contributed by atoms with van der Waals surface area (Å²) in [7, 11) is 0. The zero-order valence-electron chi connectivity index (χ0n) is 16.5. The Morgan fingerprint density at radius 3 is 1.67 bits per heavy atom. The maximum Gasteiger partial charge on any atom is 0.198 e. The Hall–Kier alpha value is -3.87. The molecule has 0 N–H and O–H groups in total. The molecular formula is C26H11F7. The van der Waals surface area contributed by atoms with E-state index in [1.807, 2.05) is 0 Å². The smallest absolute Gasteiger partial charge is 0.198 e. The van der Waals surface area contributed by atoms with Gasteiger partial charge in [0.15, 0.2) is 23.3 Å². The highest BCUT2D eigenvalue weighted by atomic mass is 19.2. The summed E-state index contributed by atoms with van der Waals surface area (Å²) in [5.41, 5.74) is -0.565. The molecule has 0 aromatic heterocycles. The van der Waals surface area contributed by atoms with Gasteiger partial charge in [0.1, 0.15) is 17.5 Å². The molecule has 5 aromatic carbocycles. The number of hydrogen-bond donors (Lipinski definition) is 0. The van der Waals surface area contributed by atoms with Gasteiger partial charge in [-0.3, -0.25) is 0 Å². The second-order valence-corrected chi connectivity index (χ2v) is 7.44. The Morgan fingerprint density at radius 2 is 1.03 bits per heavy atom. The van der Waals surface area contributed by atoms with Gasteiger partial charge in [-0.25, -0.2) is 30.7 Å². The first-order chi connectivity index (χ1) is 15.8. The van der Waals surface area contributed by atoms with Crippen LogP contribution in [0.1, 0.15) is 0 Å². The minimum Gasteiger partial charge on any atom is -0.207 e. The summed E-state index contributed by atoms with van der Waals surface area (Å²) in [6, 6.07) is 13.5. The summed E-state index contributed by atoms with van der Waals surface area (Å²) in [6.07, 6.45) is 0. The molecule has 0 amide bonds. The predicted octanol–water partition coefficient (Wildman–Crippen LogP) is 8.30. The van der Waals surface area contributed by atoms with E-state index in [0.717, 1.165) is 24.3 Å². The van der Waals surface area contributed by atoms with Crippen LogP contribution in [0.5, 0.6) is 0 Å². The second-order valence-electron chi connectivity index (χ2n) is 7.44. The van der Waals surface area contributed by atoms with E-state index in [2.05, 4.69) is 0 Å². The third-order valence-corrected chi connectivity index (χ3v) is 5.55. The first-order valence-corrected chi connectivity index (χ1v) is 9.71. The minimum absolute atomic E-state index is 0.0258. The van der Waals surface area contributed by atoms with Crippen molar-refractivity contribution >= 4 is 21.5 Å². The topological polar surface area (TPSA) is 0 Å². The van der Waals surface area contributed by atoms with Crippen molar-refractivity contribution in [2.24, 2.45) is 0 Å². The lowest BCUT2D eigenvalue weighted by molar-refractivity contribution is 0.418. The first kappa shape index (κ1) is 21.0. The molecule has 0 atom stereocenters. The fourth-order valence-corrected chi connectivity index (χ4v) is 4.19. The van der Waals surface area contributed by atoms with Gasteiger partial charge < -0.3 is 0 Å².